The molecule has 0 radical (unpaired) electrons. The predicted octanol–water partition coefficient (Wildman–Crippen LogP) is 5.35. The highest BCUT2D eigenvalue weighted by molar-refractivity contribution is 5.92. The van der Waals surface area contributed by atoms with Crippen LogP contribution in [-0.2, 0) is 4.79 Å². The number of aryl methyl sites for hydroxylation is 1. The number of rotatable bonds is 6. The Morgan fingerprint density at radius 1 is 1.10 bits per heavy atom. The minimum Gasteiger partial charge on any atom is -0.456 e. The van der Waals surface area contributed by atoms with Crippen molar-refractivity contribution in [3.63, 3.8) is 0 Å². The van der Waals surface area contributed by atoms with E-state index in [1.54, 1.807) is 6.20 Å². The summed E-state index contributed by atoms with van der Waals surface area (Å²) in [6, 6.07) is 13.9. The Hall–Kier alpha value is -3.54. The molecule has 0 aliphatic carbocycles. The number of pyridine rings is 1. The van der Waals surface area contributed by atoms with Gasteiger partial charge in [0.2, 0.25) is 5.91 Å². The summed E-state index contributed by atoms with van der Waals surface area (Å²) in [5, 5.41) is 2.81. The molecule has 0 unspecified atom stereocenters. The predicted molar refractivity (Wildman–Crippen MR) is 107 cm³/mol. The summed E-state index contributed by atoms with van der Waals surface area (Å²) in [4.78, 5) is 16.3. The Bertz CT molecular complexity index is 1030. The molecule has 0 fully saturated rings. The first-order chi connectivity index (χ1) is 13.9. The zero-order valence-corrected chi connectivity index (χ0v) is 16.0. The molecule has 1 N–H and O–H groups in total. The summed E-state index contributed by atoms with van der Waals surface area (Å²) >= 11 is 0. The van der Waals surface area contributed by atoms with Crippen molar-refractivity contribution in [1.29, 1.82) is 0 Å². The highest BCUT2D eigenvalue weighted by Gasteiger charge is 2.09. The van der Waals surface area contributed by atoms with E-state index in [0.29, 0.717) is 11.5 Å². The van der Waals surface area contributed by atoms with E-state index in [2.05, 4.69) is 10.3 Å². The Kier molecular flexibility index (Phi) is 6.34. The second-order valence-electron chi connectivity index (χ2n) is 6.54. The lowest BCUT2D eigenvalue weighted by Gasteiger charge is -2.14. The van der Waals surface area contributed by atoms with Crippen LogP contribution in [0, 0.1) is 18.6 Å². The molecule has 0 aliphatic rings. The van der Waals surface area contributed by atoms with Crippen molar-refractivity contribution in [3.05, 3.63) is 95.3 Å². The number of halogens is 2. The summed E-state index contributed by atoms with van der Waals surface area (Å²) in [6.45, 7) is 3.73. The molecule has 148 valence electrons. The number of ether oxygens (including phenoxy) is 1. The van der Waals surface area contributed by atoms with Crippen LogP contribution in [-0.4, -0.2) is 10.9 Å². The zero-order valence-electron chi connectivity index (χ0n) is 16.0. The average molecular weight is 394 g/mol. The fourth-order valence-electron chi connectivity index (χ4n) is 2.65. The van der Waals surface area contributed by atoms with Crippen molar-refractivity contribution < 1.29 is 18.3 Å². The summed E-state index contributed by atoms with van der Waals surface area (Å²) in [5.74, 6) is -0.541. The van der Waals surface area contributed by atoms with Gasteiger partial charge in [0.25, 0.3) is 0 Å². The molecule has 3 rings (SSSR count). The highest BCUT2D eigenvalue weighted by Crippen LogP contribution is 2.24. The van der Waals surface area contributed by atoms with E-state index < -0.39 is 17.5 Å². The van der Waals surface area contributed by atoms with E-state index in [4.69, 9.17) is 4.74 Å². The fraction of sp³-hybridized carbons (Fsp3) is 0.130. The molecule has 6 heteroatoms. The largest absolute Gasteiger partial charge is 0.456 e. The van der Waals surface area contributed by atoms with Crippen LogP contribution in [0.15, 0.2) is 66.9 Å². The van der Waals surface area contributed by atoms with Gasteiger partial charge in [0.15, 0.2) is 0 Å². The van der Waals surface area contributed by atoms with Crippen LogP contribution in [0.5, 0.6) is 11.5 Å². The van der Waals surface area contributed by atoms with Gasteiger partial charge in [-0.15, -0.1) is 0 Å². The summed E-state index contributed by atoms with van der Waals surface area (Å²) in [7, 11) is 0. The number of benzene rings is 2. The molecule has 29 heavy (non-hydrogen) atoms. The summed E-state index contributed by atoms with van der Waals surface area (Å²) < 4.78 is 32.4. The molecule has 0 bridgehead atoms. The van der Waals surface area contributed by atoms with E-state index in [1.165, 1.54) is 18.2 Å². The van der Waals surface area contributed by atoms with Gasteiger partial charge in [-0.05, 0) is 61.9 Å². The van der Waals surface area contributed by atoms with Crippen molar-refractivity contribution in [3.8, 4) is 11.5 Å². The minimum atomic E-state index is -0.724. The third-order valence-electron chi connectivity index (χ3n) is 4.21. The Morgan fingerprint density at radius 2 is 1.93 bits per heavy atom. The number of nitrogens with zero attached hydrogens (tertiary/aromatic N) is 1. The van der Waals surface area contributed by atoms with E-state index in [9.17, 15) is 13.6 Å². The van der Waals surface area contributed by atoms with Crippen LogP contribution in [0.4, 0.5) is 8.78 Å². The molecular formula is C23H20F2N2O2. The molecule has 1 aromatic heterocycles. The van der Waals surface area contributed by atoms with Gasteiger partial charge in [-0.3, -0.25) is 9.78 Å². The quantitative estimate of drug-likeness (QED) is 0.573. The van der Waals surface area contributed by atoms with Gasteiger partial charge in [0, 0.05) is 23.4 Å². The first-order valence-electron chi connectivity index (χ1n) is 9.05. The van der Waals surface area contributed by atoms with Crippen molar-refractivity contribution >= 4 is 12.0 Å². The standard InChI is InChI=1S/C23H20F2N2O2/c1-15-6-10-21(14-26-15)29-20-5-3-4-18(12-20)16(2)27-23(28)11-8-17-7-9-19(24)13-22(17)25/h3-14,16H,1-2H3,(H,27,28)/t16-/m1/s1. The maximum Gasteiger partial charge on any atom is 0.244 e. The van der Waals surface area contributed by atoms with Crippen LogP contribution < -0.4 is 10.1 Å². The van der Waals surface area contributed by atoms with Crippen molar-refractivity contribution in [2.24, 2.45) is 0 Å². The fourth-order valence-corrected chi connectivity index (χ4v) is 2.65. The number of carbonyl (C=O) groups is 1. The Morgan fingerprint density at radius 3 is 2.66 bits per heavy atom. The Labute approximate surface area is 167 Å². The lowest BCUT2D eigenvalue weighted by atomic mass is 10.1. The Balaban J connectivity index is 1.63. The molecular weight excluding hydrogens is 374 g/mol. The maximum absolute atomic E-state index is 13.6. The van der Waals surface area contributed by atoms with Gasteiger partial charge < -0.3 is 10.1 Å². The van der Waals surface area contributed by atoms with E-state index in [1.807, 2.05) is 50.2 Å². The molecule has 1 atom stereocenters. The third-order valence-corrected chi connectivity index (χ3v) is 4.21. The van der Waals surface area contributed by atoms with E-state index >= 15 is 0 Å². The van der Waals surface area contributed by atoms with Gasteiger partial charge in [-0.2, -0.15) is 0 Å². The summed E-state index contributed by atoms with van der Waals surface area (Å²) in [6.07, 6.45) is 4.17. The van der Waals surface area contributed by atoms with Crippen LogP contribution in [0.2, 0.25) is 0 Å². The first kappa shape index (κ1) is 20.2. The van der Waals surface area contributed by atoms with Crippen molar-refractivity contribution in [2.45, 2.75) is 19.9 Å². The second kappa shape index (κ2) is 9.10. The van der Waals surface area contributed by atoms with Crippen LogP contribution in [0.3, 0.4) is 0 Å². The molecule has 4 nitrogen and oxygen atoms in total. The lowest BCUT2D eigenvalue weighted by Crippen LogP contribution is -2.24. The molecule has 1 heterocycles. The zero-order chi connectivity index (χ0) is 20.8. The normalized spacial score (nSPS) is 12.0. The van der Waals surface area contributed by atoms with Gasteiger partial charge in [0.1, 0.15) is 23.1 Å². The summed E-state index contributed by atoms with van der Waals surface area (Å²) in [5.41, 5.74) is 1.88. The average Bonchev–Trinajstić information content (AvgIpc) is 2.69. The monoisotopic (exact) mass is 394 g/mol. The number of nitrogens with one attached hydrogen (secondary N) is 1. The second-order valence-corrected chi connectivity index (χ2v) is 6.54. The molecule has 3 aromatic rings. The molecule has 2 aromatic carbocycles. The van der Waals surface area contributed by atoms with Crippen LogP contribution in [0.1, 0.15) is 29.8 Å². The first-order valence-corrected chi connectivity index (χ1v) is 9.05. The topological polar surface area (TPSA) is 51.2 Å². The number of hydrogen-bond donors (Lipinski definition) is 1. The molecule has 0 spiro atoms. The van der Waals surface area contributed by atoms with Crippen LogP contribution >= 0.6 is 0 Å². The number of aromatic nitrogens is 1. The van der Waals surface area contributed by atoms with Gasteiger partial charge >= 0.3 is 0 Å². The SMILES string of the molecule is Cc1ccc(Oc2cccc([C@@H](C)NC(=O)C=Cc3ccc(F)cc3F)c2)cn1. The van der Waals surface area contributed by atoms with Crippen LogP contribution in [0.25, 0.3) is 6.08 Å². The van der Waals surface area contributed by atoms with Gasteiger partial charge in [-0.1, -0.05) is 12.1 Å². The van der Waals surface area contributed by atoms with Crippen molar-refractivity contribution in [2.75, 3.05) is 0 Å². The maximum atomic E-state index is 13.6. The molecule has 1 amide bonds. The van der Waals surface area contributed by atoms with Gasteiger partial charge in [0.05, 0.1) is 12.2 Å². The lowest BCUT2D eigenvalue weighted by molar-refractivity contribution is -0.117. The number of carbonyl (C=O) groups excluding carboxylic acids is 1. The third kappa shape index (κ3) is 5.72. The van der Waals surface area contributed by atoms with Crippen molar-refractivity contribution in [1.82, 2.24) is 10.3 Å². The minimum absolute atomic E-state index is 0.135. The van der Waals surface area contributed by atoms with Gasteiger partial charge in [-0.25, -0.2) is 8.78 Å². The van der Waals surface area contributed by atoms with E-state index in [0.717, 1.165) is 23.4 Å². The highest BCUT2D eigenvalue weighted by atomic mass is 19.1. The van der Waals surface area contributed by atoms with E-state index in [-0.39, 0.29) is 11.6 Å². The number of amides is 1. The smallest absolute Gasteiger partial charge is 0.244 e. The molecule has 0 saturated heterocycles. The molecule has 0 saturated carbocycles. The number of hydrogen-bond acceptors (Lipinski definition) is 3. The molecule has 0 aliphatic heterocycles.